The summed E-state index contributed by atoms with van der Waals surface area (Å²) in [5, 5.41) is 0.281. The van der Waals surface area contributed by atoms with Crippen molar-refractivity contribution in [2.24, 2.45) is 5.92 Å². The second-order valence-corrected chi connectivity index (χ2v) is 4.61. The first-order valence-electron chi connectivity index (χ1n) is 5.02. The minimum Gasteiger partial charge on any atom is -0.311 e. The van der Waals surface area contributed by atoms with Crippen LogP contribution >= 0.6 is 23.2 Å². The molecule has 6 heteroatoms. The molecule has 1 heterocycles. The lowest BCUT2D eigenvalue weighted by atomic mass is 10.2. The molecule has 4 nitrogen and oxygen atoms in total. The number of rotatable bonds is 3. The predicted molar refractivity (Wildman–Crippen MR) is 62.8 cm³/mol. The maximum Gasteiger partial charge on any atom is 0.227 e. The fourth-order valence-electron chi connectivity index (χ4n) is 1.40. The molecule has 1 aliphatic rings. The number of hydrogen-bond acceptors (Lipinski definition) is 3. The van der Waals surface area contributed by atoms with Gasteiger partial charge in [0.05, 0.1) is 11.9 Å². The molecule has 0 spiro atoms. The van der Waals surface area contributed by atoms with E-state index in [2.05, 4.69) is 9.97 Å². The summed E-state index contributed by atoms with van der Waals surface area (Å²) < 4.78 is 0. The summed E-state index contributed by atoms with van der Waals surface area (Å²) in [6.07, 6.45) is 4.31. The monoisotopic (exact) mass is 259 g/mol. The van der Waals surface area contributed by atoms with Gasteiger partial charge in [0.2, 0.25) is 11.2 Å². The van der Waals surface area contributed by atoms with E-state index >= 15 is 0 Å². The lowest BCUT2D eigenvalue weighted by Gasteiger charge is -2.17. The zero-order valence-electron chi connectivity index (χ0n) is 8.78. The molecule has 0 atom stereocenters. The average molecular weight is 260 g/mol. The molecule has 1 aliphatic carbocycles. The summed E-state index contributed by atoms with van der Waals surface area (Å²) in [4.78, 5) is 20.9. The molecule has 16 heavy (non-hydrogen) atoms. The van der Waals surface area contributed by atoms with Crippen LogP contribution < -0.4 is 4.90 Å². The van der Waals surface area contributed by atoms with Gasteiger partial charge in [0.1, 0.15) is 0 Å². The van der Waals surface area contributed by atoms with Gasteiger partial charge >= 0.3 is 0 Å². The zero-order chi connectivity index (χ0) is 11.7. The number of amides is 1. The smallest absolute Gasteiger partial charge is 0.227 e. The quantitative estimate of drug-likeness (QED) is 0.619. The molecule has 0 radical (unpaired) electrons. The van der Waals surface area contributed by atoms with Gasteiger partial charge < -0.3 is 4.90 Å². The first-order chi connectivity index (χ1) is 7.58. The standard InChI is InChI=1S/C10H11Cl2N3O/c1-15(8(16)4-6-2-3-6)7-5-13-10(12)14-9(7)11/h5-6H,2-4H2,1H3. The van der Waals surface area contributed by atoms with Crippen LogP contribution in [-0.4, -0.2) is 22.9 Å². The molecule has 0 unspecified atom stereocenters. The number of nitrogens with zero attached hydrogens (tertiary/aromatic N) is 3. The Balaban J connectivity index is 2.12. The van der Waals surface area contributed by atoms with Crippen molar-refractivity contribution in [2.75, 3.05) is 11.9 Å². The number of anilines is 1. The molecule has 1 aromatic heterocycles. The molecule has 1 aromatic rings. The summed E-state index contributed by atoms with van der Waals surface area (Å²) >= 11 is 11.5. The molecule has 1 amide bonds. The maximum absolute atomic E-state index is 11.8. The Labute approximate surface area is 104 Å². The Morgan fingerprint density at radius 1 is 1.56 bits per heavy atom. The molecular formula is C10H11Cl2N3O. The second kappa shape index (κ2) is 4.55. The van der Waals surface area contributed by atoms with E-state index in [4.69, 9.17) is 23.2 Å². The highest BCUT2D eigenvalue weighted by Crippen LogP contribution is 2.33. The van der Waals surface area contributed by atoms with E-state index < -0.39 is 0 Å². The first kappa shape index (κ1) is 11.6. The molecule has 0 N–H and O–H groups in total. The summed E-state index contributed by atoms with van der Waals surface area (Å²) in [5.41, 5.74) is 0.497. The number of carbonyl (C=O) groups excluding carboxylic acids is 1. The topological polar surface area (TPSA) is 46.1 Å². The molecular weight excluding hydrogens is 249 g/mol. The number of carbonyl (C=O) groups is 1. The van der Waals surface area contributed by atoms with Crippen LogP contribution in [0.2, 0.25) is 10.4 Å². The van der Waals surface area contributed by atoms with Crippen LogP contribution in [0.4, 0.5) is 5.69 Å². The van der Waals surface area contributed by atoms with E-state index in [9.17, 15) is 4.79 Å². The van der Waals surface area contributed by atoms with E-state index in [0.717, 1.165) is 12.8 Å². The van der Waals surface area contributed by atoms with Crippen molar-refractivity contribution in [1.29, 1.82) is 0 Å². The van der Waals surface area contributed by atoms with Gasteiger partial charge in [0, 0.05) is 13.5 Å². The Hall–Kier alpha value is -0.870. The highest BCUT2D eigenvalue weighted by molar-refractivity contribution is 6.34. The van der Waals surface area contributed by atoms with Gasteiger partial charge in [-0.05, 0) is 30.4 Å². The van der Waals surface area contributed by atoms with E-state index in [0.29, 0.717) is 18.0 Å². The summed E-state index contributed by atoms with van der Waals surface area (Å²) in [6.45, 7) is 0. The van der Waals surface area contributed by atoms with Crippen LogP contribution in [0.1, 0.15) is 19.3 Å². The van der Waals surface area contributed by atoms with Crippen molar-refractivity contribution in [3.05, 3.63) is 16.6 Å². The molecule has 1 saturated carbocycles. The molecule has 86 valence electrons. The van der Waals surface area contributed by atoms with Crippen LogP contribution in [0, 0.1) is 5.92 Å². The van der Waals surface area contributed by atoms with Crippen LogP contribution in [0.25, 0.3) is 0 Å². The minimum atomic E-state index is 0.0373. The fraction of sp³-hybridized carbons (Fsp3) is 0.500. The van der Waals surface area contributed by atoms with Crippen molar-refractivity contribution in [3.8, 4) is 0 Å². The Bertz CT molecular complexity index is 421. The van der Waals surface area contributed by atoms with Gasteiger partial charge in [0.15, 0.2) is 5.15 Å². The summed E-state index contributed by atoms with van der Waals surface area (Å²) in [7, 11) is 1.67. The molecule has 0 aromatic carbocycles. The Kier molecular flexibility index (Phi) is 3.30. The Morgan fingerprint density at radius 2 is 2.25 bits per heavy atom. The third kappa shape index (κ3) is 2.62. The van der Waals surface area contributed by atoms with Crippen molar-refractivity contribution >= 4 is 34.8 Å². The molecule has 2 rings (SSSR count). The average Bonchev–Trinajstić information content (AvgIpc) is 3.00. The van der Waals surface area contributed by atoms with Crippen LogP contribution in [0.3, 0.4) is 0 Å². The SMILES string of the molecule is CN(C(=O)CC1CC1)c1cnc(Cl)nc1Cl. The van der Waals surface area contributed by atoms with Crippen molar-refractivity contribution in [2.45, 2.75) is 19.3 Å². The second-order valence-electron chi connectivity index (χ2n) is 3.92. The predicted octanol–water partition coefficient (Wildman–Crippen LogP) is 2.55. The highest BCUT2D eigenvalue weighted by Gasteiger charge is 2.27. The largest absolute Gasteiger partial charge is 0.311 e. The molecule has 1 fully saturated rings. The lowest BCUT2D eigenvalue weighted by molar-refractivity contribution is -0.118. The van der Waals surface area contributed by atoms with Gasteiger partial charge in [-0.2, -0.15) is 0 Å². The Morgan fingerprint density at radius 3 is 2.81 bits per heavy atom. The summed E-state index contributed by atoms with van der Waals surface area (Å²) in [5.74, 6) is 0.581. The number of halogens is 2. The third-order valence-electron chi connectivity index (χ3n) is 2.59. The van der Waals surface area contributed by atoms with E-state index in [1.165, 1.54) is 11.1 Å². The highest BCUT2D eigenvalue weighted by atomic mass is 35.5. The zero-order valence-corrected chi connectivity index (χ0v) is 10.3. The normalized spacial score (nSPS) is 14.9. The van der Waals surface area contributed by atoms with Crippen LogP contribution in [0.5, 0.6) is 0 Å². The third-order valence-corrected chi connectivity index (χ3v) is 3.05. The van der Waals surface area contributed by atoms with Crippen LogP contribution in [-0.2, 0) is 4.79 Å². The van der Waals surface area contributed by atoms with Gasteiger partial charge in [-0.1, -0.05) is 11.6 Å². The van der Waals surface area contributed by atoms with Crippen molar-refractivity contribution < 1.29 is 4.79 Å². The van der Waals surface area contributed by atoms with Gasteiger partial charge in [-0.25, -0.2) is 9.97 Å². The van der Waals surface area contributed by atoms with Crippen molar-refractivity contribution in [1.82, 2.24) is 9.97 Å². The van der Waals surface area contributed by atoms with Crippen molar-refractivity contribution in [3.63, 3.8) is 0 Å². The van der Waals surface area contributed by atoms with Gasteiger partial charge in [-0.3, -0.25) is 4.79 Å². The van der Waals surface area contributed by atoms with E-state index in [1.807, 2.05) is 0 Å². The lowest BCUT2D eigenvalue weighted by Crippen LogP contribution is -2.27. The first-order valence-corrected chi connectivity index (χ1v) is 5.78. The fourth-order valence-corrected chi connectivity index (χ4v) is 1.83. The molecule has 0 bridgehead atoms. The number of aromatic nitrogens is 2. The van der Waals surface area contributed by atoms with Crippen LogP contribution in [0.15, 0.2) is 6.20 Å². The van der Waals surface area contributed by atoms with Gasteiger partial charge in [-0.15, -0.1) is 0 Å². The maximum atomic E-state index is 11.8. The van der Waals surface area contributed by atoms with E-state index in [1.54, 1.807) is 7.05 Å². The molecule has 0 aliphatic heterocycles. The van der Waals surface area contributed by atoms with E-state index in [-0.39, 0.29) is 16.3 Å². The minimum absolute atomic E-state index is 0.0373. The van der Waals surface area contributed by atoms with Gasteiger partial charge in [0.25, 0.3) is 0 Å². The number of hydrogen-bond donors (Lipinski definition) is 0. The molecule has 0 saturated heterocycles. The summed E-state index contributed by atoms with van der Waals surface area (Å²) in [6, 6.07) is 0.